The van der Waals surface area contributed by atoms with Crippen LogP contribution in [0.5, 0.6) is 11.5 Å². The molecule has 0 unspecified atom stereocenters. The van der Waals surface area contributed by atoms with Crippen LogP contribution in [0.1, 0.15) is 0 Å². The number of para-hydroxylation sites is 2. The van der Waals surface area contributed by atoms with Gasteiger partial charge in [0.15, 0.2) is 11.5 Å². The molecule has 0 spiro atoms. The standard InChI is InChI=1S/C12H17NO2/c1-3-8-13-9-10-15-12-7-5-4-6-11(12)14-2/h3-7,13H,1,8-10H2,2H3. The quantitative estimate of drug-likeness (QED) is 0.546. The normalized spacial score (nSPS) is 9.67. The SMILES string of the molecule is C=CCNCCOc1ccccc1OC. The van der Waals surface area contributed by atoms with Gasteiger partial charge in [0.1, 0.15) is 6.61 Å². The Morgan fingerprint density at radius 1 is 1.33 bits per heavy atom. The monoisotopic (exact) mass is 207 g/mol. The minimum atomic E-state index is 0.619. The highest BCUT2D eigenvalue weighted by molar-refractivity contribution is 5.39. The number of ether oxygens (including phenoxy) is 2. The van der Waals surface area contributed by atoms with E-state index in [0.717, 1.165) is 24.6 Å². The summed E-state index contributed by atoms with van der Waals surface area (Å²) in [5.41, 5.74) is 0. The zero-order valence-electron chi connectivity index (χ0n) is 9.03. The van der Waals surface area contributed by atoms with Crippen LogP contribution in [0.4, 0.5) is 0 Å². The third kappa shape index (κ3) is 4.04. The Labute approximate surface area is 90.7 Å². The average molecular weight is 207 g/mol. The molecule has 82 valence electrons. The number of nitrogens with one attached hydrogen (secondary N) is 1. The van der Waals surface area contributed by atoms with Crippen molar-refractivity contribution in [3.63, 3.8) is 0 Å². The molecule has 0 aliphatic carbocycles. The van der Waals surface area contributed by atoms with Gasteiger partial charge in [0.05, 0.1) is 7.11 Å². The van der Waals surface area contributed by atoms with E-state index < -0.39 is 0 Å². The van der Waals surface area contributed by atoms with Crippen molar-refractivity contribution in [3.8, 4) is 11.5 Å². The molecule has 0 amide bonds. The van der Waals surface area contributed by atoms with Crippen molar-refractivity contribution in [1.82, 2.24) is 5.32 Å². The van der Waals surface area contributed by atoms with Crippen LogP contribution in [0.15, 0.2) is 36.9 Å². The highest BCUT2D eigenvalue weighted by Crippen LogP contribution is 2.25. The maximum atomic E-state index is 5.55. The predicted molar refractivity (Wildman–Crippen MR) is 61.6 cm³/mol. The van der Waals surface area contributed by atoms with E-state index in [2.05, 4.69) is 11.9 Å². The molecule has 3 heteroatoms. The molecule has 0 radical (unpaired) electrons. The van der Waals surface area contributed by atoms with Crippen LogP contribution in [-0.2, 0) is 0 Å². The summed E-state index contributed by atoms with van der Waals surface area (Å²) < 4.78 is 10.7. The van der Waals surface area contributed by atoms with E-state index in [-0.39, 0.29) is 0 Å². The first-order valence-corrected chi connectivity index (χ1v) is 4.96. The Kier molecular flexibility index (Phi) is 5.33. The molecule has 1 N–H and O–H groups in total. The first-order chi connectivity index (χ1) is 7.38. The predicted octanol–water partition coefficient (Wildman–Crippen LogP) is 1.85. The van der Waals surface area contributed by atoms with Crippen molar-refractivity contribution >= 4 is 0 Å². The highest BCUT2D eigenvalue weighted by Gasteiger charge is 2.00. The summed E-state index contributed by atoms with van der Waals surface area (Å²) in [6.45, 7) is 5.84. The molecule has 0 bridgehead atoms. The summed E-state index contributed by atoms with van der Waals surface area (Å²) in [7, 11) is 1.64. The fraction of sp³-hybridized carbons (Fsp3) is 0.333. The van der Waals surface area contributed by atoms with Gasteiger partial charge in [-0.05, 0) is 12.1 Å². The molecule has 15 heavy (non-hydrogen) atoms. The zero-order chi connectivity index (χ0) is 10.9. The van der Waals surface area contributed by atoms with Gasteiger partial charge in [-0.2, -0.15) is 0 Å². The van der Waals surface area contributed by atoms with Gasteiger partial charge in [0.25, 0.3) is 0 Å². The van der Waals surface area contributed by atoms with Gasteiger partial charge in [-0.25, -0.2) is 0 Å². The van der Waals surface area contributed by atoms with Gasteiger partial charge in [-0.1, -0.05) is 18.2 Å². The maximum absolute atomic E-state index is 5.55. The molecular formula is C12H17NO2. The van der Waals surface area contributed by atoms with E-state index in [9.17, 15) is 0 Å². The Bertz CT molecular complexity index is 299. The summed E-state index contributed by atoms with van der Waals surface area (Å²) in [6.07, 6.45) is 1.82. The number of methoxy groups -OCH3 is 1. The Morgan fingerprint density at radius 2 is 2.07 bits per heavy atom. The Balaban J connectivity index is 2.33. The third-order valence-corrected chi connectivity index (χ3v) is 1.89. The second kappa shape index (κ2) is 6.90. The lowest BCUT2D eigenvalue weighted by Gasteiger charge is -2.10. The molecule has 0 aromatic heterocycles. The zero-order valence-corrected chi connectivity index (χ0v) is 9.03. The third-order valence-electron chi connectivity index (χ3n) is 1.89. The topological polar surface area (TPSA) is 30.5 Å². The minimum absolute atomic E-state index is 0.619. The van der Waals surface area contributed by atoms with Gasteiger partial charge >= 0.3 is 0 Å². The Morgan fingerprint density at radius 3 is 2.73 bits per heavy atom. The minimum Gasteiger partial charge on any atom is -0.493 e. The molecule has 0 aliphatic rings. The van der Waals surface area contributed by atoms with Crippen LogP contribution in [0.3, 0.4) is 0 Å². The lowest BCUT2D eigenvalue weighted by atomic mass is 10.3. The fourth-order valence-corrected chi connectivity index (χ4v) is 1.18. The number of hydrogen-bond acceptors (Lipinski definition) is 3. The summed E-state index contributed by atoms with van der Waals surface area (Å²) in [5, 5.41) is 3.16. The second-order valence-electron chi connectivity index (χ2n) is 2.99. The smallest absolute Gasteiger partial charge is 0.161 e. The number of benzene rings is 1. The number of hydrogen-bond donors (Lipinski definition) is 1. The van der Waals surface area contributed by atoms with Crippen LogP contribution in [-0.4, -0.2) is 26.8 Å². The Hall–Kier alpha value is -1.48. The van der Waals surface area contributed by atoms with Crippen LogP contribution in [0.25, 0.3) is 0 Å². The summed E-state index contributed by atoms with van der Waals surface area (Å²) >= 11 is 0. The average Bonchev–Trinajstić information content (AvgIpc) is 2.29. The van der Waals surface area contributed by atoms with Gasteiger partial charge in [-0.15, -0.1) is 6.58 Å². The van der Waals surface area contributed by atoms with Gasteiger partial charge in [0.2, 0.25) is 0 Å². The largest absolute Gasteiger partial charge is 0.493 e. The van der Waals surface area contributed by atoms with Crippen molar-refractivity contribution in [2.45, 2.75) is 0 Å². The van der Waals surface area contributed by atoms with E-state index >= 15 is 0 Å². The highest BCUT2D eigenvalue weighted by atomic mass is 16.5. The summed E-state index contributed by atoms with van der Waals surface area (Å²) in [4.78, 5) is 0. The molecule has 0 atom stereocenters. The molecule has 0 heterocycles. The fourth-order valence-electron chi connectivity index (χ4n) is 1.18. The van der Waals surface area contributed by atoms with Crippen LogP contribution in [0, 0.1) is 0 Å². The molecular weight excluding hydrogens is 190 g/mol. The molecule has 0 aliphatic heterocycles. The first kappa shape index (κ1) is 11.6. The van der Waals surface area contributed by atoms with Crippen molar-refractivity contribution < 1.29 is 9.47 Å². The maximum Gasteiger partial charge on any atom is 0.161 e. The number of rotatable bonds is 7. The molecule has 0 saturated carbocycles. The van der Waals surface area contributed by atoms with Crippen LogP contribution >= 0.6 is 0 Å². The van der Waals surface area contributed by atoms with Crippen LogP contribution < -0.4 is 14.8 Å². The van der Waals surface area contributed by atoms with E-state index in [1.165, 1.54) is 0 Å². The van der Waals surface area contributed by atoms with Crippen molar-refractivity contribution in [3.05, 3.63) is 36.9 Å². The van der Waals surface area contributed by atoms with Gasteiger partial charge in [-0.3, -0.25) is 0 Å². The van der Waals surface area contributed by atoms with E-state index in [4.69, 9.17) is 9.47 Å². The molecule has 1 aromatic rings. The first-order valence-electron chi connectivity index (χ1n) is 4.96. The molecule has 0 fully saturated rings. The molecule has 1 aromatic carbocycles. The van der Waals surface area contributed by atoms with E-state index in [1.54, 1.807) is 7.11 Å². The van der Waals surface area contributed by atoms with Crippen molar-refractivity contribution in [2.75, 3.05) is 26.8 Å². The lowest BCUT2D eigenvalue weighted by Crippen LogP contribution is -2.20. The van der Waals surface area contributed by atoms with Gasteiger partial charge in [0, 0.05) is 13.1 Å². The molecule has 3 nitrogen and oxygen atoms in total. The van der Waals surface area contributed by atoms with E-state index in [0.29, 0.717) is 6.61 Å². The van der Waals surface area contributed by atoms with Crippen molar-refractivity contribution in [2.24, 2.45) is 0 Å². The summed E-state index contributed by atoms with van der Waals surface area (Å²) in [6, 6.07) is 7.62. The van der Waals surface area contributed by atoms with E-state index in [1.807, 2.05) is 30.3 Å². The summed E-state index contributed by atoms with van der Waals surface area (Å²) in [5.74, 6) is 1.54. The molecule has 0 saturated heterocycles. The van der Waals surface area contributed by atoms with Crippen molar-refractivity contribution in [1.29, 1.82) is 0 Å². The van der Waals surface area contributed by atoms with Gasteiger partial charge < -0.3 is 14.8 Å². The molecule has 1 rings (SSSR count). The van der Waals surface area contributed by atoms with Crippen LogP contribution in [0.2, 0.25) is 0 Å². The second-order valence-corrected chi connectivity index (χ2v) is 2.99. The lowest BCUT2D eigenvalue weighted by molar-refractivity contribution is 0.294.